The number of hydrogen-bond acceptors (Lipinski definition) is 3. The fraction of sp³-hybridized carbons (Fsp3) is 0.467. The van der Waals surface area contributed by atoms with E-state index < -0.39 is 35.2 Å². The molecule has 5 nitrogen and oxygen atoms in total. The van der Waals surface area contributed by atoms with Crippen LogP contribution < -0.4 is 10.6 Å². The van der Waals surface area contributed by atoms with Crippen molar-refractivity contribution in [3.63, 3.8) is 0 Å². The van der Waals surface area contributed by atoms with Crippen molar-refractivity contribution >= 4 is 17.5 Å². The van der Waals surface area contributed by atoms with Crippen LogP contribution in [0.15, 0.2) is 18.2 Å². The zero-order chi connectivity index (χ0) is 16.1. The van der Waals surface area contributed by atoms with E-state index in [4.69, 9.17) is 0 Å². The number of carbonyl (C=O) groups excluding carboxylic acids is 2. The lowest BCUT2D eigenvalue weighted by molar-refractivity contribution is -0.136. The number of hydrogen-bond donors (Lipinski definition) is 3. The van der Waals surface area contributed by atoms with Crippen molar-refractivity contribution in [2.45, 2.75) is 31.8 Å². The van der Waals surface area contributed by atoms with E-state index in [9.17, 15) is 23.5 Å². The van der Waals surface area contributed by atoms with E-state index in [1.54, 1.807) is 0 Å². The highest BCUT2D eigenvalue weighted by molar-refractivity contribution is 6.39. The van der Waals surface area contributed by atoms with Crippen LogP contribution in [0, 0.1) is 17.6 Å². The average molecular weight is 312 g/mol. The predicted molar refractivity (Wildman–Crippen MR) is 76.0 cm³/mol. The highest BCUT2D eigenvalue weighted by Crippen LogP contribution is 2.23. The SMILES string of the molecule is O=C(NC[C@H]1CCCC[C@@H]1O)C(=O)Nc1c(F)cccc1F. The van der Waals surface area contributed by atoms with Crippen LogP contribution in [0.4, 0.5) is 14.5 Å². The van der Waals surface area contributed by atoms with Crippen molar-refractivity contribution in [1.29, 1.82) is 0 Å². The molecule has 2 atom stereocenters. The Labute approximate surface area is 126 Å². The van der Waals surface area contributed by atoms with Gasteiger partial charge in [0.25, 0.3) is 0 Å². The minimum absolute atomic E-state index is 0.101. The van der Waals surface area contributed by atoms with Crippen LogP contribution in [0.3, 0.4) is 0 Å². The van der Waals surface area contributed by atoms with Crippen LogP contribution in [-0.2, 0) is 9.59 Å². The summed E-state index contributed by atoms with van der Waals surface area (Å²) < 4.78 is 26.8. The van der Waals surface area contributed by atoms with Gasteiger partial charge in [0.05, 0.1) is 6.10 Å². The van der Waals surface area contributed by atoms with E-state index in [1.165, 1.54) is 0 Å². The number of amides is 2. The van der Waals surface area contributed by atoms with Crippen LogP contribution in [0.1, 0.15) is 25.7 Å². The van der Waals surface area contributed by atoms with E-state index >= 15 is 0 Å². The second-order valence-corrected chi connectivity index (χ2v) is 5.37. The number of anilines is 1. The lowest BCUT2D eigenvalue weighted by Gasteiger charge is -2.27. The minimum Gasteiger partial charge on any atom is -0.393 e. The smallest absolute Gasteiger partial charge is 0.313 e. The van der Waals surface area contributed by atoms with Gasteiger partial charge in [-0.1, -0.05) is 18.9 Å². The van der Waals surface area contributed by atoms with Gasteiger partial charge in [-0.3, -0.25) is 9.59 Å². The van der Waals surface area contributed by atoms with Crippen molar-refractivity contribution in [2.24, 2.45) is 5.92 Å². The third kappa shape index (κ3) is 4.00. The molecular formula is C15H18F2N2O3. The molecule has 22 heavy (non-hydrogen) atoms. The molecule has 0 radical (unpaired) electrons. The quantitative estimate of drug-likeness (QED) is 0.741. The van der Waals surface area contributed by atoms with Gasteiger partial charge in [-0.15, -0.1) is 0 Å². The zero-order valence-corrected chi connectivity index (χ0v) is 11.9. The molecule has 1 saturated carbocycles. The second kappa shape index (κ2) is 7.31. The first-order chi connectivity index (χ1) is 10.5. The van der Waals surface area contributed by atoms with E-state index in [0.717, 1.165) is 37.5 Å². The maximum absolute atomic E-state index is 13.4. The summed E-state index contributed by atoms with van der Waals surface area (Å²) in [5.41, 5.74) is -0.652. The van der Waals surface area contributed by atoms with Gasteiger partial charge >= 0.3 is 11.8 Å². The molecule has 0 heterocycles. The number of aliphatic hydroxyl groups excluding tert-OH is 1. The standard InChI is InChI=1S/C15H18F2N2O3/c16-10-5-3-6-11(17)13(10)19-15(22)14(21)18-8-9-4-1-2-7-12(9)20/h3,5-6,9,12,20H,1-2,4,7-8H2,(H,18,21)(H,19,22)/t9-,12+/m1/s1. The van der Waals surface area contributed by atoms with Gasteiger partial charge in [-0.2, -0.15) is 0 Å². The van der Waals surface area contributed by atoms with Gasteiger partial charge in [0.15, 0.2) is 0 Å². The number of halogens is 2. The highest BCUT2D eigenvalue weighted by Gasteiger charge is 2.25. The van der Waals surface area contributed by atoms with Crippen molar-refractivity contribution in [1.82, 2.24) is 5.32 Å². The average Bonchev–Trinajstić information content (AvgIpc) is 2.49. The highest BCUT2D eigenvalue weighted by atomic mass is 19.1. The first-order valence-corrected chi connectivity index (χ1v) is 7.20. The maximum atomic E-state index is 13.4. The summed E-state index contributed by atoms with van der Waals surface area (Å²) in [6.45, 7) is 0.160. The maximum Gasteiger partial charge on any atom is 0.313 e. The number of carbonyl (C=O) groups is 2. The van der Waals surface area contributed by atoms with Gasteiger partial charge in [0, 0.05) is 12.5 Å². The predicted octanol–water partition coefficient (Wildman–Crippen LogP) is 1.57. The van der Waals surface area contributed by atoms with Crippen molar-refractivity contribution in [3.05, 3.63) is 29.8 Å². The Hall–Kier alpha value is -2.02. The third-order valence-corrected chi connectivity index (χ3v) is 3.80. The summed E-state index contributed by atoms with van der Waals surface area (Å²) in [7, 11) is 0. The van der Waals surface area contributed by atoms with Crippen LogP contribution in [-0.4, -0.2) is 29.6 Å². The van der Waals surface area contributed by atoms with Crippen molar-refractivity contribution < 1.29 is 23.5 Å². The minimum atomic E-state index is -1.14. The Kier molecular flexibility index (Phi) is 5.43. The molecule has 0 spiro atoms. The molecule has 0 unspecified atom stereocenters. The first-order valence-electron chi connectivity index (χ1n) is 7.20. The lowest BCUT2D eigenvalue weighted by Crippen LogP contribution is -2.41. The molecule has 1 fully saturated rings. The molecule has 1 aromatic rings. The molecule has 7 heteroatoms. The molecule has 1 aliphatic carbocycles. The zero-order valence-electron chi connectivity index (χ0n) is 11.9. The van der Waals surface area contributed by atoms with E-state index in [-0.39, 0.29) is 12.5 Å². The Morgan fingerprint density at radius 2 is 1.77 bits per heavy atom. The third-order valence-electron chi connectivity index (χ3n) is 3.80. The fourth-order valence-electron chi connectivity index (χ4n) is 2.52. The molecule has 0 bridgehead atoms. The van der Waals surface area contributed by atoms with Crippen molar-refractivity contribution in [3.8, 4) is 0 Å². The molecule has 0 aromatic heterocycles. The molecule has 0 aliphatic heterocycles. The molecule has 1 aromatic carbocycles. The first kappa shape index (κ1) is 16.4. The van der Waals surface area contributed by atoms with Gasteiger partial charge in [0.1, 0.15) is 17.3 Å². The molecule has 120 valence electrons. The van der Waals surface area contributed by atoms with E-state index in [2.05, 4.69) is 5.32 Å². The van der Waals surface area contributed by atoms with Crippen LogP contribution in [0.5, 0.6) is 0 Å². The summed E-state index contributed by atoms with van der Waals surface area (Å²) in [4.78, 5) is 23.3. The number of nitrogens with one attached hydrogen (secondary N) is 2. The number of benzene rings is 1. The molecule has 0 saturated heterocycles. The molecule has 1 aliphatic rings. The van der Waals surface area contributed by atoms with Gasteiger partial charge in [0.2, 0.25) is 0 Å². The summed E-state index contributed by atoms with van der Waals surface area (Å²) in [5, 5.41) is 14.1. The molecule has 3 N–H and O–H groups in total. The summed E-state index contributed by atoms with van der Waals surface area (Å²) in [6.07, 6.45) is 2.85. The lowest BCUT2D eigenvalue weighted by atomic mass is 9.86. The molecule has 2 rings (SSSR count). The Bertz CT molecular complexity index is 545. The molecule has 2 amide bonds. The van der Waals surface area contributed by atoms with Crippen LogP contribution in [0.2, 0.25) is 0 Å². The number of rotatable bonds is 3. The Morgan fingerprint density at radius 1 is 1.14 bits per heavy atom. The normalized spacial score (nSPS) is 21.2. The summed E-state index contributed by atoms with van der Waals surface area (Å²) >= 11 is 0. The largest absolute Gasteiger partial charge is 0.393 e. The Balaban J connectivity index is 1.88. The van der Waals surface area contributed by atoms with Crippen molar-refractivity contribution in [2.75, 3.05) is 11.9 Å². The molecular weight excluding hydrogens is 294 g/mol. The van der Waals surface area contributed by atoms with Gasteiger partial charge < -0.3 is 15.7 Å². The summed E-state index contributed by atoms with van der Waals surface area (Å²) in [5.74, 6) is -4.14. The van der Waals surface area contributed by atoms with Crippen LogP contribution >= 0.6 is 0 Å². The van der Waals surface area contributed by atoms with Crippen LogP contribution in [0.25, 0.3) is 0 Å². The number of para-hydroxylation sites is 1. The fourth-order valence-corrected chi connectivity index (χ4v) is 2.52. The van der Waals surface area contributed by atoms with Gasteiger partial charge in [-0.05, 0) is 25.0 Å². The monoisotopic (exact) mass is 312 g/mol. The summed E-state index contributed by atoms with van der Waals surface area (Å²) in [6, 6.07) is 3.12. The second-order valence-electron chi connectivity index (χ2n) is 5.37. The Morgan fingerprint density at radius 3 is 2.41 bits per heavy atom. The van der Waals surface area contributed by atoms with E-state index in [0.29, 0.717) is 6.42 Å². The number of aliphatic hydroxyl groups is 1. The topological polar surface area (TPSA) is 78.4 Å². The van der Waals surface area contributed by atoms with E-state index in [1.807, 2.05) is 5.32 Å². The van der Waals surface area contributed by atoms with Gasteiger partial charge in [-0.25, -0.2) is 8.78 Å².